The molecule has 0 amide bonds. The minimum atomic E-state index is -0.713. The number of carbonyl (C=O) groups is 2. The number of carbonyl (C=O) groups excluding carboxylic acids is 2. The highest BCUT2D eigenvalue weighted by Crippen LogP contribution is 2.19. The molecular weight excluding hydrogens is 314 g/mol. The summed E-state index contributed by atoms with van der Waals surface area (Å²) in [6.45, 7) is 1.11. The van der Waals surface area contributed by atoms with Crippen LogP contribution in [0.3, 0.4) is 0 Å². The van der Waals surface area contributed by atoms with Crippen molar-refractivity contribution in [1.29, 1.82) is 0 Å². The standard InChI is InChI=1S/C17H15NO6/c1-11-9-13(5-8-15(11)18(21)22)17(20)24-10-16(19)12-3-6-14(23-2)7-4-12/h3-9H,10H2,1-2H3. The summed E-state index contributed by atoms with van der Waals surface area (Å²) in [6.07, 6.45) is 0. The third kappa shape index (κ3) is 3.95. The molecule has 0 radical (unpaired) electrons. The van der Waals surface area contributed by atoms with Gasteiger partial charge in [0.2, 0.25) is 0 Å². The number of nitro benzene ring substituents is 1. The van der Waals surface area contributed by atoms with Crippen LogP contribution in [0.4, 0.5) is 5.69 Å². The number of hydrogen-bond donors (Lipinski definition) is 0. The summed E-state index contributed by atoms with van der Waals surface area (Å²) in [7, 11) is 1.52. The van der Waals surface area contributed by atoms with Gasteiger partial charge in [0.05, 0.1) is 17.6 Å². The van der Waals surface area contributed by atoms with Gasteiger partial charge in [0.15, 0.2) is 12.4 Å². The average molecular weight is 329 g/mol. The number of ketones is 1. The minimum absolute atomic E-state index is 0.0825. The van der Waals surface area contributed by atoms with Crippen LogP contribution in [0.5, 0.6) is 5.75 Å². The zero-order valence-electron chi connectivity index (χ0n) is 13.1. The van der Waals surface area contributed by atoms with Crippen molar-refractivity contribution < 1.29 is 24.0 Å². The Hall–Kier alpha value is -3.22. The van der Waals surface area contributed by atoms with Crippen molar-refractivity contribution in [1.82, 2.24) is 0 Å². The molecule has 2 aromatic carbocycles. The summed E-state index contributed by atoms with van der Waals surface area (Å²) in [5.74, 6) is -0.454. The molecule has 0 saturated carbocycles. The summed E-state index contributed by atoms with van der Waals surface area (Å²) in [5, 5.41) is 10.8. The molecule has 0 fully saturated rings. The molecule has 0 N–H and O–H groups in total. The van der Waals surface area contributed by atoms with E-state index < -0.39 is 17.5 Å². The van der Waals surface area contributed by atoms with E-state index in [0.29, 0.717) is 16.9 Å². The van der Waals surface area contributed by atoms with Crippen LogP contribution in [0.2, 0.25) is 0 Å². The van der Waals surface area contributed by atoms with Gasteiger partial charge < -0.3 is 9.47 Å². The van der Waals surface area contributed by atoms with Gasteiger partial charge in [-0.05, 0) is 43.3 Å². The van der Waals surface area contributed by atoms with E-state index in [9.17, 15) is 19.7 Å². The summed E-state index contributed by atoms with van der Waals surface area (Å²) in [5.41, 5.74) is 0.806. The Morgan fingerprint density at radius 1 is 1.08 bits per heavy atom. The highest BCUT2D eigenvalue weighted by atomic mass is 16.6. The van der Waals surface area contributed by atoms with Gasteiger partial charge in [0.25, 0.3) is 5.69 Å². The molecule has 0 atom stereocenters. The van der Waals surface area contributed by atoms with Crippen LogP contribution in [-0.4, -0.2) is 30.4 Å². The third-order valence-electron chi connectivity index (χ3n) is 3.38. The van der Waals surface area contributed by atoms with Crippen LogP contribution in [-0.2, 0) is 4.74 Å². The number of methoxy groups -OCH3 is 1. The fourth-order valence-corrected chi connectivity index (χ4v) is 2.06. The van der Waals surface area contributed by atoms with Crippen LogP contribution in [0.1, 0.15) is 26.3 Å². The number of ether oxygens (including phenoxy) is 2. The lowest BCUT2D eigenvalue weighted by Crippen LogP contribution is -2.14. The first-order valence-corrected chi connectivity index (χ1v) is 7.02. The Morgan fingerprint density at radius 2 is 1.71 bits per heavy atom. The van der Waals surface area contributed by atoms with Crippen LogP contribution in [0, 0.1) is 17.0 Å². The molecule has 0 heterocycles. The quantitative estimate of drug-likeness (QED) is 0.350. The third-order valence-corrected chi connectivity index (χ3v) is 3.38. The highest BCUT2D eigenvalue weighted by molar-refractivity contribution is 5.99. The number of Topliss-reactive ketones (excluding diaryl/α,β-unsaturated/α-hetero) is 1. The predicted molar refractivity (Wildman–Crippen MR) is 85.4 cm³/mol. The minimum Gasteiger partial charge on any atom is -0.497 e. The Balaban J connectivity index is 2.00. The Morgan fingerprint density at radius 3 is 2.25 bits per heavy atom. The Bertz CT molecular complexity index is 782. The fourth-order valence-electron chi connectivity index (χ4n) is 2.06. The summed E-state index contributed by atoms with van der Waals surface area (Å²) < 4.78 is 9.96. The summed E-state index contributed by atoms with van der Waals surface area (Å²) in [6, 6.07) is 10.3. The fraction of sp³-hybridized carbons (Fsp3) is 0.176. The van der Waals surface area contributed by atoms with E-state index in [-0.39, 0.29) is 17.0 Å². The first-order chi connectivity index (χ1) is 11.4. The largest absolute Gasteiger partial charge is 0.497 e. The maximum absolute atomic E-state index is 12.0. The smallest absolute Gasteiger partial charge is 0.338 e. The van der Waals surface area contributed by atoms with E-state index in [1.165, 1.54) is 32.2 Å². The molecule has 2 aromatic rings. The van der Waals surface area contributed by atoms with Crippen LogP contribution >= 0.6 is 0 Å². The van der Waals surface area contributed by atoms with Gasteiger partial charge in [0.1, 0.15) is 5.75 Å². The molecule has 0 unspecified atom stereocenters. The maximum Gasteiger partial charge on any atom is 0.338 e. The number of rotatable bonds is 6. The number of benzene rings is 2. The Kier molecular flexibility index (Phi) is 5.26. The molecule has 0 aliphatic carbocycles. The van der Waals surface area contributed by atoms with Crippen molar-refractivity contribution in [2.45, 2.75) is 6.92 Å². The molecule has 0 bridgehead atoms. The first-order valence-electron chi connectivity index (χ1n) is 7.02. The van der Waals surface area contributed by atoms with Crippen molar-refractivity contribution in [3.63, 3.8) is 0 Å². The van der Waals surface area contributed by atoms with Gasteiger partial charge >= 0.3 is 5.97 Å². The van der Waals surface area contributed by atoms with E-state index in [0.717, 1.165) is 0 Å². The van der Waals surface area contributed by atoms with E-state index in [2.05, 4.69) is 0 Å². The van der Waals surface area contributed by atoms with Crippen molar-refractivity contribution in [2.24, 2.45) is 0 Å². The first kappa shape index (κ1) is 17.1. The second kappa shape index (κ2) is 7.36. The molecule has 7 nitrogen and oxygen atoms in total. The van der Waals surface area contributed by atoms with Gasteiger partial charge in [-0.1, -0.05) is 0 Å². The van der Waals surface area contributed by atoms with Crippen molar-refractivity contribution in [3.8, 4) is 5.75 Å². The van der Waals surface area contributed by atoms with Crippen LogP contribution < -0.4 is 4.74 Å². The second-order valence-electron chi connectivity index (χ2n) is 4.99. The molecular formula is C17H15NO6. The number of hydrogen-bond acceptors (Lipinski definition) is 6. The van der Waals surface area contributed by atoms with Gasteiger partial charge in [-0.25, -0.2) is 4.79 Å². The van der Waals surface area contributed by atoms with Crippen molar-refractivity contribution in [3.05, 3.63) is 69.3 Å². The van der Waals surface area contributed by atoms with E-state index >= 15 is 0 Å². The van der Waals surface area contributed by atoms with E-state index in [4.69, 9.17) is 9.47 Å². The monoisotopic (exact) mass is 329 g/mol. The lowest BCUT2D eigenvalue weighted by Gasteiger charge is -2.06. The number of nitrogens with zero attached hydrogens (tertiary/aromatic N) is 1. The zero-order valence-corrected chi connectivity index (χ0v) is 13.1. The van der Waals surface area contributed by atoms with Crippen molar-refractivity contribution >= 4 is 17.4 Å². The molecule has 7 heteroatoms. The van der Waals surface area contributed by atoms with Gasteiger partial charge in [-0.15, -0.1) is 0 Å². The van der Waals surface area contributed by atoms with Gasteiger partial charge in [-0.2, -0.15) is 0 Å². The maximum atomic E-state index is 12.0. The second-order valence-corrected chi connectivity index (χ2v) is 4.99. The Labute approximate surface area is 138 Å². The number of aryl methyl sites for hydroxylation is 1. The van der Waals surface area contributed by atoms with E-state index in [1.54, 1.807) is 24.3 Å². The van der Waals surface area contributed by atoms with Crippen molar-refractivity contribution in [2.75, 3.05) is 13.7 Å². The molecule has 0 saturated heterocycles. The number of nitro groups is 1. The highest BCUT2D eigenvalue weighted by Gasteiger charge is 2.16. The molecule has 0 aliphatic heterocycles. The number of esters is 1. The molecule has 0 spiro atoms. The summed E-state index contributed by atoms with van der Waals surface area (Å²) in [4.78, 5) is 34.2. The molecule has 0 aromatic heterocycles. The normalized spacial score (nSPS) is 10.1. The lowest BCUT2D eigenvalue weighted by atomic mass is 10.1. The topological polar surface area (TPSA) is 95.7 Å². The van der Waals surface area contributed by atoms with Gasteiger partial charge in [-0.3, -0.25) is 14.9 Å². The average Bonchev–Trinajstić information content (AvgIpc) is 2.59. The molecule has 124 valence electrons. The van der Waals surface area contributed by atoms with E-state index in [1.807, 2.05) is 0 Å². The van der Waals surface area contributed by atoms with Crippen LogP contribution in [0.25, 0.3) is 0 Å². The molecule has 0 aliphatic rings. The van der Waals surface area contributed by atoms with Gasteiger partial charge in [0, 0.05) is 17.2 Å². The summed E-state index contributed by atoms with van der Waals surface area (Å²) >= 11 is 0. The predicted octanol–water partition coefficient (Wildman–Crippen LogP) is 2.95. The lowest BCUT2D eigenvalue weighted by molar-refractivity contribution is -0.385. The molecule has 2 rings (SSSR count). The zero-order chi connectivity index (χ0) is 17.7. The molecule has 24 heavy (non-hydrogen) atoms. The van der Waals surface area contributed by atoms with Crippen LogP contribution in [0.15, 0.2) is 42.5 Å². The SMILES string of the molecule is COc1ccc(C(=O)COC(=O)c2ccc([N+](=O)[O-])c(C)c2)cc1.